The van der Waals surface area contributed by atoms with Crippen molar-refractivity contribution in [2.24, 2.45) is 0 Å². The minimum absolute atomic E-state index is 0.626. The Morgan fingerprint density at radius 3 is 3.00 bits per heavy atom. The van der Waals surface area contributed by atoms with Gasteiger partial charge in [0.25, 0.3) is 0 Å². The Bertz CT molecular complexity index is 529. The molecule has 0 saturated heterocycles. The normalized spacial score (nSPS) is 9.88. The van der Waals surface area contributed by atoms with Gasteiger partial charge in [-0.3, -0.25) is 5.10 Å². The first-order valence-electron chi connectivity index (χ1n) is 5.07. The molecule has 0 atom stereocenters. The molecule has 1 aromatic carbocycles. The second-order valence-electron chi connectivity index (χ2n) is 3.45. The van der Waals surface area contributed by atoms with Gasteiger partial charge in [-0.1, -0.05) is 15.9 Å². The first kappa shape index (κ1) is 11.6. The highest BCUT2D eigenvalue weighted by Crippen LogP contribution is 2.19. The SMILES string of the molecule is N#Cc1cc(Br)cc(NCCc2ncn[nH]2)c1. The monoisotopic (exact) mass is 291 g/mol. The van der Waals surface area contributed by atoms with Crippen molar-refractivity contribution < 1.29 is 0 Å². The fourth-order valence-corrected chi connectivity index (χ4v) is 1.93. The zero-order chi connectivity index (χ0) is 12.1. The van der Waals surface area contributed by atoms with E-state index in [2.05, 4.69) is 42.5 Å². The quantitative estimate of drug-likeness (QED) is 0.904. The van der Waals surface area contributed by atoms with Gasteiger partial charge in [-0.2, -0.15) is 10.4 Å². The lowest BCUT2D eigenvalue weighted by atomic mass is 10.2. The molecule has 17 heavy (non-hydrogen) atoms. The predicted molar refractivity (Wildman–Crippen MR) is 67.4 cm³/mol. The molecule has 0 spiro atoms. The van der Waals surface area contributed by atoms with Crippen LogP contribution in [0.1, 0.15) is 11.4 Å². The molecule has 1 heterocycles. The number of hydrogen-bond donors (Lipinski definition) is 2. The van der Waals surface area contributed by atoms with Gasteiger partial charge in [-0.25, -0.2) is 4.98 Å². The summed E-state index contributed by atoms with van der Waals surface area (Å²) in [7, 11) is 0. The highest BCUT2D eigenvalue weighted by molar-refractivity contribution is 9.10. The summed E-state index contributed by atoms with van der Waals surface area (Å²) in [6.07, 6.45) is 2.25. The van der Waals surface area contributed by atoms with Gasteiger partial charge >= 0.3 is 0 Å². The van der Waals surface area contributed by atoms with Crippen molar-refractivity contribution in [1.82, 2.24) is 15.2 Å². The van der Waals surface area contributed by atoms with Crippen molar-refractivity contribution in [1.29, 1.82) is 5.26 Å². The summed E-state index contributed by atoms with van der Waals surface area (Å²) in [4.78, 5) is 4.03. The highest BCUT2D eigenvalue weighted by atomic mass is 79.9. The molecule has 0 aliphatic rings. The number of benzene rings is 1. The number of rotatable bonds is 4. The van der Waals surface area contributed by atoms with Gasteiger partial charge in [0, 0.05) is 23.1 Å². The third kappa shape index (κ3) is 3.29. The number of nitrogens with zero attached hydrogens (tertiary/aromatic N) is 3. The Labute approximate surface area is 107 Å². The molecule has 0 aliphatic heterocycles. The van der Waals surface area contributed by atoms with E-state index < -0.39 is 0 Å². The fourth-order valence-electron chi connectivity index (χ4n) is 1.43. The number of hydrogen-bond acceptors (Lipinski definition) is 4. The lowest BCUT2D eigenvalue weighted by molar-refractivity contribution is 0.901. The smallest absolute Gasteiger partial charge is 0.137 e. The molecule has 0 fully saturated rings. The third-order valence-electron chi connectivity index (χ3n) is 2.18. The van der Waals surface area contributed by atoms with Gasteiger partial charge in [0.05, 0.1) is 11.6 Å². The summed E-state index contributed by atoms with van der Waals surface area (Å²) in [5, 5.41) is 18.6. The largest absolute Gasteiger partial charge is 0.385 e. The molecule has 0 aliphatic carbocycles. The van der Waals surface area contributed by atoms with Gasteiger partial charge in [0.1, 0.15) is 12.2 Å². The van der Waals surface area contributed by atoms with Crippen LogP contribution in [0.3, 0.4) is 0 Å². The highest BCUT2D eigenvalue weighted by Gasteiger charge is 1.99. The van der Waals surface area contributed by atoms with E-state index in [1.807, 2.05) is 12.1 Å². The summed E-state index contributed by atoms with van der Waals surface area (Å²) < 4.78 is 0.888. The number of H-pyrrole nitrogens is 1. The van der Waals surface area contributed by atoms with E-state index >= 15 is 0 Å². The molecule has 2 rings (SSSR count). The number of nitriles is 1. The van der Waals surface area contributed by atoms with Crippen LogP contribution in [0.2, 0.25) is 0 Å². The summed E-state index contributed by atoms with van der Waals surface area (Å²) in [5.74, 6) is 0.841. The second kappa shape index (κ2) is 5.46. The van der Waals surface area contributed by atoms with Crippen molar-refractivity contribution in [2.75, 3.05) is 11.9 Å². The van der Waals surface area contributed by atoms with Gasteiger partial charge in [-0.15, -0.1) is 0 Å². The van der Waals surface area contributed by atoms with Gasteiger partial charge in [-0.05, 0) is 18.2 Å². The number of aromatic amines is 1. The first-order chi connectivity index (χ1) is 8.28. The maximum Gasteiger partial charge on any atom is 0.137 e. The summed E-state index contributed by atoms with van der Waals surface area (Å²) >= 11 is 3.36. The predicted octanol–water partition coefficient (Wildman–Crippen LogP) is 2.09. The van der Waals surface area contributed by atoms with E-state index in [-0.39, 0.29) is 0 Å². The van der Waals surface area contributed by atoms with E-state index in [1.165, 1.54) is 6.33 Å². The van der Waals surface area contributed by atoms with Gasteiger partial charge < -0.3 is 5.32 Å². The lowest BCUT2D eigenvalue weighted by Crippen LogP contribution is -2.06. The van der Waals surface area contributed by atoms with E-state index in [1.54, 1.807) is 6.07 Å². The Hall–Kier alpha value is -1.87. The Kier molecular flexibility index (Phi) is 3.73. The summed E-state index contributed by atoms with van der Waals surface area (Å²) in [5.41, 5.74) is 1.54. The van der Waals surface area contributed by atoms with Crippen molar-refractivity contribution in [3.63, 3.8) is 0 Å². The number of anilines is 1. The van der Waals surface area contributed by atoms with Crippen LogP contribution in [0.4, 0.5) is 5.69 Å². The maximum atomic E-state index is 8.84. The average molecular weight is 292 g/mol. The molecule has 2 N–H and O–H groups in total. The van der Waals surface area contributed by atoms with E-state index in [4.69, 9.17) is 5.26 Å². The molecule has 2 aromatic rings. The Morgan fingerprint density at radius 2 is 2.29 bits per heavy atom. The van der Waals surface area contributed by atoms with E-state index in [0.717, 1.165) is 29.0 Å². The van der Waals surface area contributed by atoms with E-state index in [9.17, 15) is 0 Å². The molecule has 0 unspecified atom stereocenters. The summed E-state index contributed by atoms with van der Waals surface area (Å²) in [6.45, 7) is 0.733. The van der Waals surface area contributed by atoms with Crippen molar-refractivity contribution in [2.45, 2.75) is 6.42 Å². The number of aromatic nitrogens is 3. The average Bonchev–Trinajstić information content (AvgIpc) is 2.81. The molecule has 0 radical (unpaired) electrons. The molecule has 86 valence electrons. The fraction of sp³-hybridized carbons (Fsp3) is 0.182. The minimum Gasteiger partial charge on any atom is -0.385 e. The van der Waals surface area contributed by atoms with Crippen LogP contribution >= 0.6 is 15.9 Å². The molecular weight excluding hydrogens is 282 g/mol. The first-order valence-corrected chi connectivity index (χ1v) is 5.86. The summed E-state index contributed by atoms with van der Waals surface area (Å²) in [6, 6.07) is 7.64. The minimum atomic E-state index is 0.626. The lowest BCUT2D eigenvalue weighted by Gasteiger charge is -2.06. The molecule has 1 aromatic heterocycles. The standard InChI is InChI=1S/C11H10BrN5/c12-9-3-8(6-13)4-10(5-9)14-2-1-11-15-7-16-17-11/h3-5,7,14H,1-2H2,(H,15,16,17). The van der Waals surface area contributed by atoms with Crippen LogP contribution in [0.5, 0.6) is 0 Å². The molecule has 0 saturated carbocycles. The second-order valence-corrected chi connectivity index (χ2v) is 4.37. The Morgan fingerprint density at radius 1 is 1.41 bits per heavy atom. The topological polar surface area (TPSA) is 77.4 Å². The third-order valence-corrected chi connectivity index (χ3v) is 2.64. The molecule has 5 nitrogen and oxygen atoms in total. The Balaban J connectivity index is 1.95. The van der Waals surface area contributed by atoms with Crippen molar-refractivity contribution in [3.8, 4) is 6.07 Å². The number of nitrogens with one attached hydrogen (secondary N) is 2. The number of halogens is 1. The molecule has 0 amide bonds. The zero-order valence-corrected chi connectivity index (χ0v) is 10.5. The maximum absolute atomic E-state index is 8.84. The van der Waals surface area contributed by atoms with Crippen LogP contribution < -0.4 is 5.32 Å². The van der Waals surface area contributed by atoms with Crippen molar-refractivity contribution in [3.05, 3.63) is 40.4 Å². The van der Waals surface area contributed by atoms with Crippen LogP contribution in [-0.4, -0.2) is 21.7 Å². The molecule has 6 heteroatoms. The van der Waals surface area contributed by atoms with Crippen LogP contribution in [0, 0.1) is 11.3 Å². The molecular formula is C11H10BrN5. The van der Waals surface area contributed by atoms with E-state index in [0.29, 0.717) is 5.56 Å². The molecule has 0 bridgehead atoms. The van der Waals surface area contributed by atoms with Crippen molar-refractivity contribution >= 4 is 21.6 Å². The van der Waals surface area contributed by atoms with Gasteiger partial charge in [0.15, 0.2) is 0 Å². The van der Waals surface area contributed by atoms with Crippen LogP contribution in [-0.2, 0) is 6.42 Å². The van der Waals surface area contributed by atoms with Gasteiger partial charge in [0.2, 0.25) is 0 Å². The van der Waals surface area contributed by atoms with Crippen LogP contribution in [0.15, 0.2) is 29.0 Å². The zero-order valence-electron chi connectivity index (χ0n) is 8.94. The van der Waals surface area contributed by atoms with Crippen LogP contribution in [0.25, 0.3) is 0 Å².